The minimum absolute atomic E-state index is 0.0798. The molecule has 0 saturated heterocycles. The van der Waals surface area contributed by atoms with Crippen LogP contribution in [0.3, 0.4) is 0 Å². The highest BCUT2D eigenvalue weighted by Gasteiger charge is 2.30. The fourth-order valence-electron chi connectivity index (χ4n) is 4.22. The number of aliphatic carboxylic acids is 1. The SMILES string of the molecule is C=CCC(NC(=O)OCC1c2ccccc2-c2ccccc21)C(=O)N(CCC)CCC(=O)O. The zero-order valence-corrected chi connectivity index (χ0v) is 18.8. The van der Waals surface area contributed by atoms with Crippen molar-refractivity contribution in [1.82, 2.24) is 10.2 Å². The van der Waals surface area contributed by atoms with Gasteiger partial charge in [-0.25, -0.2) is 4.79 Å². The van der Waals surface area contributed by atoms with Crippen molar-refractivity contribution < 1.29 is 24.2 Å². The Morgan fingerprint density at radius 2 is 1.70 bits per heavy atom. The Kier molecular flexibility index (Phi) is 8.24. The van der Waals surface area contributed by atoms with Crippen molar-refractivity contribution in [3.63, 3.8) is 0 Å². The van der Waals surface area contributed by atoms with Crippen molar-refractivity contribution in [3.8, 4) is 11.1 Å². The van der Waals surface area contributed by atoms with Crippen molar-refractivity contribution in [2.75, 3.05) is 19.7 Å². The van der Waals surface area contributed by atoms with Gasteiger partial charge in [0, 0.05) is 19.0 Å². The van der Waals surface area contributed by atoms with E-state index in [1.807, 2.05) is 43.3 Å². The number of ether oxygens (including phenoxy) is 1. The molecule has 1 atom stereocenters. The fraction of sp³-hybridized carbons (Fsp3) is 0.346. The summed E-state index contributed by atoms with van der Waals surface area (Å²) < 4.78 is 5.56. The predicted molar refractivity (Wildman–Crippen MR) is 126 cm³/mol. The third-order valence-electron chi connectivity index (χ3n) is 5.74. The molecule has 2 N–H and O–H groups in total. The van der Waals surface area contributed by atoms with E-state index in [0.717, 1.165) is 22.3 Å². The summed E-state index contributed by atoms with van der Waals surface area (Å²) in [4.78, 5) is 38.0. The number of amides is 2. The Morgan fingerprint density at radius 1 is 1.09 bits per heavy atom. The average molecular weight is 451 g/mol. The second kappa shape index (κ2) is 11.3. The highest BCUT2D eigenvalue weighted by atomic mass is 16.5. The van der Waals surface area contributed by atoms with E-state index < -0.39 is 18.1 Å². The van der Waals surface area contributed by atoms with Crippen molar-refractivity contribution in [2.24, 2.45) is 0 Å². The number of carbonyl (C=O) groups excluding carboxylic acids is 2. The van der Waals surface area contributed by atoms with Crippen LogP contribution in [-0.2, 0) is 14.3 Å². The Hall–Kier alpha value is -3.61. The highest BCUT2D eigenvalue weighted by Crippen LogP contribution is 2.44. The Bertz CT molecular complexity index is 974. The number of hydrogen-bond acceptors (Lipinski definition) is 4. The first-order chi connectivity index (χ1) is 16.0. The van der Waals surface area contributed by atoms with E-state index in [4.69, 9.17) is 9.84 Å². The molecule has 1 unspecified atom stereocenters. The largest absolute Gasteiger partial charge is 0.481 e. The van der Waals surface area contributed by atoms with E-state index in [1.54, 1.807) is 6.08 Å². The lowest BCUT2D eigenvalue weighted by molar-refractivity contribution is -0.139. The van der Waals surface area contributed by atoms with Crippen LogP contribution in [0.25, 0.3) is 11.1 Å². The molecule has 174 valence electrons. The Labute approximate surface area is 194 Å². The second-order valence-corrected chi connectivity index (χ2v) is 8.02. The number of fused-ring (bicyclic) bond motifs is 3. The van der Waals surface area contributed by atoms with E-state index in [-0.39, 0.29) is 37.8 Å². The molecule has 33 heavy (non-hydrogen) atoms. The van der Waals surface area contributed by atoms with Gasteiger partial charge >= 0.3 is 12.1 Å². The maximum Gasteiger partial charge on any atom is 0.407 e. The van der Waals surface area contributed by atoms with Gasteiger partial charge in [0.25, 0.3) is 0 Å². The normalized spacial score (nSPS) is 12.9. The molecule has 0 aromatic heterocycles. The van der Waals surface area contributed by atoms with Gasteiger partial charge in [0.15, 0.2) is 0 Å². The lowest BCUT2D eigenvalue weighted by Crippen LogP contribution is -2.49. The molecule has 2 aromatic carbocycles. The van der Waals surface area contributed by atoms with Crippen molar-refractivity contribution >= 4 is 18.0 Å². The van der Waals surface area contributed by atoms with Crippen LogP contribution >= 0.6 is 0 Å². The second-order valence-electron chi connectivity index (χ2n) is 8.02. The summed E-state index contributed by atoms with van der Waals surface area (Å²) in [6.07, 6.45) is 1.60. The molecule has 2 aromatic rings. The van der Waals surface area contributed by atoms with E-state index in [2.05, 4.69) is 24.0 Å². The van der Waals surface area contributed by atoms with Crippen LogP contribution in [0.5, 0.6) is 0 Å². The number of carboxylic acid groups (broad SMARTS) is 1. The number of nitrogens with zero attached hydrogens (tertiary/aromatic N) is 1. The molecule has 2 amide bonds. The molecule has 1 aliphatic carbocycles. The van der Waals surface area contributed by atoms with E-state index in [1.165, 1.54) is 4.90 Å². The van der Waals surface area contributed by atoms with Gasteiger partial charge in [0.1, 0.15) is 12.6 Å². The van der Waals surface area contributed by atoms with E-state index in [9.17, 15) is 14.4 Å². The number of hydrogen-bond donors (Lipinski definition) is 2. The van der Waals surface area contributed by atoms with Gasteiger partial charge in [-0.05, 0) is 35.1 Å². The third-order valence-corrected chi connectivity index (χ3v) is 5.74. The molecular weight excluding hydrogens is 420 g/mol. The predicted octanol–water partition coefficient (Wildman–Crippen LogP) is 4.18. The summed E-state index contributed by atoms with van der Waals surface area (Å²) >= 11 is 0. The maximum absolute atomic E-state index is 13.0. The summed E-state index contributed by atoms with van der Waals surface area (Å²) in [5.74, 6) is -1.40. The summed E-state index contributed by atoms with van der Waals surface area (Å²) in [5, 5.41) is 11.6. The molecule has 7 heteroatoms. The molecule has 0 spiro atoms. The highest BCUT2D eigenvalue weighted by molar-refractivity contribution is 5.86. The zero-order chi connectivity index (χ0) is 23.8. The van der Waals surface area contributed by atoms with Gasteiger partial charge in [0.05, 0.1) is 6.42 Å². The summed E-state index contributed by atoms with van der Waals surface area (Å²) in [5.41, 5.74) is 4.48. The summed E-state index contributed by atoms with van der Waals surface area (Å²) in [6, 6.07) is 15.3. The topological polar surface area (TPSA) is 95.9 Å². The number of benzene rings is 2. The molecule has 0 radical (unpaired) electrons. The fourth-order valence-corrected chi connectivity index (χ4v) is 4.22. The van der Waals surface area contributed by atoms with Gasteiger partial charge in [-0.3, -0.25) is 9.59 Å². The lowest BCUT2D eigenvalue weighted by atomic mass is 9.98. The minimum atomic E-state index is -0.978. The average Bonchev–Trinajstić information content (AvgIpc) is 3.13. The van der Waals surface area contributed by atoms with Gasteiger partial charge in [0.2, 0.25) is 5.91 Å². The lowest BCUT2D eigenvalue weighted by Gasteiger charge is -2.27. The Morgan fingerprint density at radius 3 is 2.24 bits per heavy atom. The van der Waals surface area contributed by atoms with Crippen LogP contribution in [0.1, 0.15) is 43.2 Å². The van der Waals surface area contributed by atoms with Crippen molar-refractivity contribution in [1.29, 1.82) is 0 Å². The van der Waals surface area contributed by atoms with Crippen LogP contribution in [0, 0.1) is 0 Å². The van der Waals surface area contributed by atoms with Crippen LogP contribution in [0.2, 0.25) is 0 Å². The van der Waals surface area contributed by atoms with Gasteiger partial charge in [-0.15, -0.1) is 6.58 Å². The first-order valence-electron chi connectivity index (χ1n) is 11.2. The number of nitrogens with one attached hydrogen (secondary N) is 1. The number of alkyl carbamates (subject to hydrolysis) is 1. The molecule has 0 heterocycles. The quantitative estimate of drug-likeness (QED) is 0.501. The van der Waals surface area contributed by atoms with E-state index in [0.29, 0.717) is 13.0 Å². The van der Waals surface area contributed by atoms with Gasteiger partial charge in [-0.2, -0.15) is 0 Å². The number of carbonyl (C=O) groups is 3. The van der Waals surface area contributed by atoms with E-state index >= 15 is 0 Å². The molecule has 3 rings (SSSR count). The summed E-state index contributed by atoms with van der Waals surface area (Å²) in [7, 11) is 0. The monoisotopic (exact) mass is 450 g/mol. The molecule has 1 aliphatic rings. The number of rotatable bonds is 11. The third kappa shape index (κ3) is 5.80. The molecule has 0 aliphatic heterocycles. The smallest absolute Gasteiger partial charge is 0.407 e. The standard InChI is InChI=1S/C26H30N2O5/c1-3-9-23(25(31)28(15-4-2)16-14-24(29)30)27-26(32)33-17-22-20-12-7-5-10-18(20)19-11-6-8-13-21(19)22/h3,5-8,10-13,22-23H,1,4,9,14-17H2,2H3,(H,27,32)(H,29,30). The molecule has 7 nitrogen and oxygen atoms in total. The van der Waals surface area contributed by atoms with Crippen LogP contribution < -0.4 is 5.32 Å². The molecule has 0 bridgehead atoms. The van der Waals surface area contributed by atoms with Crippen molar-refractivity contribution in [2.45, 2.75) is 38.1 Å². The number of carboxylic acids is 1. The zero-order valence-electron chi connectivity index (χ0n) is 18.8. The van der Waals surface area contributed by atoms with Crippen LogP contribution in [0.4, 0.5) is 4.79 Å². The minimum Gasteiger partial charge on any atom is -0.481 e. The molecular formula is C26H30N2O5. The maximum atomic E-state index is 13.0. The van der Waals surface area contributed by atoms with Crippen LogP contribution in [-0.4, -0.2) is 53.7 Å². The molecule has 0 fully saturated rings. The van der Waals surface area contributed by atoms with Gasteiger partial charge < -0.3 is 20.1 Å². The van der Waals surface area contributed by atoms with Gasteiger partial charge in [-0.1, -0.05) is 61.5 Å². The van der Waals surface area contributed by atoms with Crippen LogP contribution in [0.15, 0.2) is 61.2 Å². The Balaban J connectivity index is 1.66. The summed E-state index contributed by atoms with van der Waals surface area (Å²) in [6.45, 7) is 6.22. The first-order valence-corrected chi connectivity index (χ1v) is 11.2. The molecule has 0 saturated carbocycles. The first kappa shape index (κ1) is 24.0. The van der Waals surface area contributed by atoms with Crippen molar-refractivity contribution in [3.05, 3.63) is 72.3 Å².